The summed E-state index contributed by atoms with van der Waals surface area (Å²) < 4.78 is 50.8. The number of aliphatic hydroxyl groups excluding tert-OH is 2. The SMILES string of the molecule is COC[C@H]1O[C@@H](n2cnc3c(N[C@H]4CCN(c5ccc(C(F)(F)F)cn5)C4)ncnc32)[C@H](O)[C@@H]1O. The summed E-state index contributed by atoms with van der Waals surface area (Å²) in [5.74, 6) is 0.943. The maximum absolute atomic E-state index is 12.8. The fraction of sp³-hybridized carbons (Fsp3) is 0.524. The van der Waals surface area contributed by atoms with Gasteiger partial charge in [0.05, 0.1) is 18.5 Å². The number of aromatic nitrogens is 5. The van der Waals surface area contributed by atoms with Crippen LogP contribution in [-0.2, 0) is 15.7 Å². The van der Waals surface area contributed by atoms with E-state index in [9.17, 15) is 23.4 Å². The molecule has 35 heavy (non-hydrogen) atoms. The van der Waals surface area contributed by atoms with Crippen molar-refractivity contribution in [2.75, 3.05) is 37.0 Å². The molecular formula is C21H24F3N7O4. The first-order chi connectivity index (χ1) is 16.8. The van der Waals surface area contributed by atoms with Crippen LogP contribution in [0.4, 0.5) is 24.8 Å². The Morgan fingerprint density at radius 1 is 1.17 bits per heavy atom. The summed E-state index contributed by atoms with van der Waals surface area (Å²) in [6, 6.07) is 2.34. The van der Waals surface area contributed by atoms with Gasteiger partial charge in [-0.05, 0) is 18.6 Å². The van der Waals surface area contributed by atoms with Crippen LogP contribution in [0.15, 0.2) is 31.0 Å². The lowest BCUT2D eigenvalue weighted by molar-refractivity contribution is -0.137. The Bertz CT molecular complexity index is 1180. The highest BCUT2D eigenvalue weighted by atomic mass is 19.4. The molecule has 2 saturated heterocycles. The number of nitrogens with one attached hydrogen (secondary N) is 1. The van der Waals surface area contributed by atoms with Gasteiger partial charge in [0.15, 0.2) is 23.2 Å². The van der Waals surface area contributed by atoms with Crippen LogP contribution < -0.4 is 10.2 Å². The molecule has 0 unspecified atom stereocenters. The van der Waals surface area contributed by atoms with Gasteiger partial charge in [0.1, 0.15) is 30.5 Å². The van der Waals surface area contributed by atoms with Crippen molar-refractivity contribution in [2.45, 2.75) is 43.2 Å². The molecule has 5 heterocycles. The van der Waals surface area contributed by atoms with E-state index in [0.29, 0.717) is 42.3 Å². The molecule has 2 fully saturated rings. The molecule has 5 rings (SSSR count). The molecule has 0 saturated carbocycles. The van der Waals surface area contributed by atoms with Crippen LogP contribution in [0.3, 0.4) is 0 Å². The topological polar surface area (TPSA) is 131 Å². The second-order valence-electron chi connectivity index (χ2n) is 8.53. The molecule has 3 aromatic rings. The largest absolute Gasteiger partial charge is 0.417 e. The third kappa shape index (κ3) is 4.49. The van der Waals surface area contributed by atoms with Gasteiger partial charge in [0.2, 0.25) is 0 Å². The highest BCUT2D eigenvalue weighted by Crippen LogP contribution is 2.33. The van der Waals surface area contributed by atoms with Gasteiger partial charge >= 0.3 is 6.18 Å². The molecule has 14 heteroatoms. The van der Waals surface area contributed by atoms with Crippen molar-refractivity contribution in [1.29, 1.82) is 0 Å². The summed E-state index contributed by atoms with van der Waals surface area (Å²) in [5.41, 5.74) is 0.0849. The zero-order valence-electron chi connectivity index (χ0n) is 18.6. The van der Waals surface area contributed by atoms with E-state index in [2.05, 4.69) is 25.3 Å². The summed E-state index contributed by atoms with van der Waals surface area (Å²) in [6.45, 7) is 1.24. The van der Waals surface area contributed by atoms with Gasteiger partial charge in [0, 0.05) is 32.4 Å². The molecule has 5 atom stereocenters. The maximum atomic E-state index is 12.8. The normalized spacial score (nSPS) is 27.1. The van der Waals surface area contributed by atoms with Crippen LogP contribution >= 0.6 is 0 Å². The molecule has 11 nitrogen and oxygen atoms in total. The zero-order chi connectivity index (χ0) is 24.7. The number of methoxy groups -OCH3 is 1. The summed E-state index contributed by atoms with van der Waals surface area (Å²) in [7, 11) is 1.48. The van der Waals surface area contributed by atoms with E-state index in [1.165, 1.54) is 25.8 Å². The first-order valence-electron chi connectivity index (χ1n) is 11.0. The molecule has 0 amide bonds. The molecule has 0 aromatic carbocycles. The molecule has 188 valence electrons. The average Bonchev–Trinajstić information content (AvgIpc) is 3.54. The number of ether oxygens (including phenoxy) is 2. The predicted octanol–water partition coefficient (Wildman–Crippen LogP) is 1.20. The minimum atomic E-state index is -4.43. The number of aliphatic hydroxyl groups is 2. The van der Waals surface area contributed by atoms with E-state index in [-0.39, 0.29) is 12.6 Å². The van der Waals surface area contributed by atoms with Crippen LogP contribution in [0.5, 0.6) is 0 Å². The number of pyridine rings is 1. The molecule has 3 N–H and O–H groups in total. The number of hydrogen-bond donors (Lipinski definition) is 3. The van der Waals surface area contributed by atoms with E-state index < -0.39 is 36.3 Å². The average molecular weight is 495 g/mol. The quantitative estimate of drug-likeness (QED) is 0.459. The van der Waals surface area contributed by atoms with Gasteiger partial charge in [-0.25, -0.2) is 19.9 Å². The van der Waals surface area contributed by atoms with Crippen molar-refractivity contribution in [1.82, 2.24) is 24.5 Å². The molecule has 0 bridgehead atoms. The minimum Gasteiger partial charge on any atom is -0.387 e. The van der Waals surface area contributed by atoms with Crippen LogP contribution in [-0.4, -0.2) is 85.9 Å². The molecular weight excluding hydrogens is 471 g/mol. The monoisotopic (exact) mass is 495 g/mol. The summed E-state index contributed by atoms with van der Waals surface area (Å²) in [6.07, 6.45) is -3.96. The van der Waals surface area contributed by atoms with Crippen LogP contribution in [0.25, 0.3) is 11.2 Å². The van der Waals surface area contributed by atoms with E-state index in [1.807, 2.05) is 4.90 Å². The van der Waals surface area contributed by atoms with E-state index in [4.69, 9.17) is 9.47 Å². The van der Waals surface area contributed by atoms with Crippen LogP contribution in [0, 0.1) is 0 Å². The standard InChI is InChI=1S/C21H24F3N7O4/c1-34-8-13-16(32)17(33)20(35-13)31-10-28-15-18(26-9-27-19(15)31)29-12-4-5-30(7-12)14-3-2-11(6-25-14)21(22,23)24/h2-3,6,9-10,12-13,16-17,20,32-33H,4-5,7-8H2,1H3,(H,26,27,29)/t12-,13+,16+,17+,20+/m0/s1. The van der Waals surface area contributed by atoms with Crippen molar-refractivity contribution in [3.63, 3.8) is 0 Å². The van der Waals surface area contributed by atoms with Crippen molar-refractivity contribution < 1.29 is 32.9 Å². The van der Waals surface area contributed by atoms with E-state index in [1.54, 1.807) is 4.57 Å². The summed E-state index contributed by atoms with van der Waals surface area (Å²) in [5, 5.41) is 24.0. The van der Waals surface area contributed by atoms with Gasteiger partial charge in [0.25, 0.3) is 0 Å². The molecule has 2 aliphatic heterocycles. The highest BCUT2D eigenvalue weighted by molar-refractivity contribution is 5.83. The second-order valence-corrected chi connectivity index (χ2v) is 8.53. The number of halogens is 3. The number of alkyl halides is 3. The Balaban J connectivity index is 1.30. The number of fused-ring (bicyclic) bond motifs is 1. The Hall–Kier alpha value is -3.07. The molecule has 0 spiro atoms. The third-order valence-corrected chi connectivity index (χ3v) is 6.23. The zero-order valence-corrected chi connectivity index (χ0v) is 18.6. The lowest BCUT2D eigenvalue weighted by Crippen LogP contribution is -2.33. The number of imidazole rings is 1. The molecule has 2 aliphatic rings. The first kappa shape index (κ1) is 23.7. The summed E-state index contributed by atoms with van der Waals surface area (Å²) in [4.78, 5) is 18.8. The van der Waals surface area contributed by atoms with E-state index in [0.717, 1.165) is 12.3 Å². The Morgan fingerprint density at radius 3 is 2.71 bits per heavy atom. The Kier molecular flexibility index (Phi) is 6.21. The first-order valence-corrected chi connectivity index (χ1v) is 11.0. The van der Waals surface area contributed by atoms with Crippen LogP contribution in [0.2, 0.25) is 0 Å². The number of hydrogen-bond acceptors (Lipinski definition) is 10. The van der Waals surface area contributed by atoms with Gasteiger partial charge in [-0.2, -0.15) is 13.2 Å². The predicted molar refractivity (Wildman–Crippen MR) is 117 cm³/mol. The van der Waals surface area contributed by atoms with Gasteiger partial charge in [-0.3, -0.25) is 4.57 Å². The smallest absolute Gasteiger partial charge is 0.387 e. The van der Waals surface area contributed by atoms with Gasteiger partial charge < -0.3 is 29.9 Å². The lowest BCUT2D eigenvalue weighted by Gasteiger charge is -2.19. The molecule has 3 aromatic heterocycles. The van der Waals surface area contributed by atoms with Gasteiger partial charge in [-0.1, -0.05) is 0 Å². The number of nitrogens with zero attached hydrogens (tertiary/aromatic N) is 6. The van der Waals surface area contributed by atoms with E-state index >= 15 is 0 Å². The highest BCUT2D eigenvalue weighted by Gasteiger charge is 2.44. The van der Waals surface area contributed by atoms with Gasteiger partial charge in [-0.15, -0.1) is 0 Å². The number of rotatable bonds is 6. The van der Waals surface area contributed by atoms with Crippen LogP contribution in [0.1, 0.15) is 18.2 Å². The maximum Gasteiger partial charge on any atom is 0.417 e. The fourth-order valence-corrected chi connectivity index (χ4v) is 4.43. The van der Waals surface area contributed by atoms with Crippen molar-refractivity contribution >= 4 is 22.8 Å². The Labute approximate surface area is 197 Å². The van der Waals surface area contributed by atoms with Crippen molar-refractivity contribution in [2.24, 2.45) is 0 Å². The second kappa shape index (κ2) is 9.18. The molecule has 0 aliphatic carbocycles. The lowest BCUT2D eigenvalue weighted by atomic mass is 10.1. The third-order valence-electron chi connectivity index (χ3n) is 6.23. The fourth-order valence-electron chi connectivity index (χ4n) is 4.43. The summed E-state index contributed by atoms with van der Waals surface area (Å²) >= 11 is 0. The number of anilines is 2. The Morgan fingerprint density at radius 2 is 2.00 bits per heavy atom. The minimum absolute atomic E-state index is 0.0523. The van der Waals surface area contributed by atoms with Crippen molar-refractivity contribution in [3.8, 4) is 0 Å². The molecule has 0 radical (unpaired) electrons. The van der Waals surface area contributed by atoms with Crippen molar-refractivity contribution in [3.05, 3.63) is 36.5 Å².